The lowest BCUT2D eigenvalue weighted by Gasteiger charge is -2.16. The second kappa shape index (κ2) is 12.0. The predicted octanol–water partition coefficient (Wildman–Crippen LogP) is 4.86. The molecule has 1 amide bonds. The third-order valence-electron chi connectivity index (χ3n) is 4.27. The molecule has 0 saturated carbocycles. The number of carbonyl (C=O) groups is 1. The van der Waals surface area contributed by atoms with Crippen LogP contribution in [-0.2, 0) is 0 Å². The van der Waals surface area contributed by atoms with Crippen LogP contribution in [0.4, 0.5) is 21.5 Å². The topological polar surface area (TPSA) is 99.2 Å². The first-order chi connectivity index (χ1) is 15.4. The largest absolute Gasteiger partial charge is 0.392 e. The number of anilines is 3. The number of carbonyl (C=O) groups excluding carboxylic acids is 1. The Morgan fingerprint density at radius 3 is 2.59 bits per heavy atom. The van der Waals surface area contributed by atoms with Crippen LogP contribution in [0.15, 0.2) is 48.9 Å². The maximum Gasteiger partial charge on any atom is 0.255 e. The van der Waals surface area contributed by atoms with Crippen LogP contribution in [0.25, 0.3) is 11.3 Å². The Kier molecular flexibility index (Phi) is 9.37. The fraction of sp³-hybridized carbons (Fsp3) is 0.261. The molecule has 0 aliphatic rings. The van der Waals surface area contributed by atoms with Crippen LogP contribution < -0.4 is 16.0 Å². The van der Waals surface area contributed by atoms with Crippen molar-refractivity contribution in [2.75, 3.05) is 24.2 Å². The molecule has 3 aromatic rings. The maximum absolute atomic E-state index is 14.3. The van der Waals surface area contributed by atoms with Crippen LogP contribution in [0.5, 0.6) is 0 Å². The highest BCUT2D eigenvalue weighted by atomic mass is 35.5. The van der Waals surface area contributed by atoms with E-state index in [1.807, 2.05) is 13.8 Å². The van der Waals surface area contributed by atoms with E-state index in [0.717, 1.165) is 0 Å². The molecule has 4 N–H and O–H groups in total. The summed E-state index contributed by atoms with van der Waals surface area (Å²) in [5.41, 5.74) is 2.66. The van der Waals surface area contributed by atoms with Crippen molar-refractivity contribution in [3.05, 3.63) is 65.3 Å². The summed E-state index contributed by atoms with van der Waals surface area (Å²) in [6.45, 7) is 5.69. The van der Waals surface area contributed by atoms with Gasteiger partial charge in [-0.2, -0.15) is 0 Å². The zero-order chi connectivity index (χ0) is 23.7. The highest BCUT2D eigenvalue weighted by Gasteiger charge is 2.15. The summed E-state index contributed by atoms with van der Waals surface area (Å²) in [6.07, 6.45) is 3.86. The first kappa shape index (κ1) is 25.0. The lowest BCUT2D eigenvalue weighted by atomic mass is 10.1. The van der Waals surface area contributed by atoms with E-state index >= 15 is 0 Å². The maximum atomic E-state index is 14.3. The average Bonchev–Trinajstić information content (AvgIpc) is 2.80. The van der Waals surface area contributed by atoms with Crippen molar-refractivity contribution in [3.63, 3.8) is 0 Å². The molecule has 170 valence electrons. The zero-order valence-corrected chi connectivity index (χ0v) is 19.2. The van der Waals surface area contributed by atoms with E-state index in [1.165, 1.54) is 24.4 Å². The van der Waals surface area contributed by atoms with Crippen molar-refractivity contribution in [2.45, 2.75) is 26.9 Å². The molecule has 1 aromatic carbocycles. The van der Waals surface area contributed by atoms with Crippen LogP contribution in [0.1, 0.15) is 31.1 Å². The number of rotatable bonds is 7. The van der Waals surface area contributed by atoms with Gasteiger partial charge in [0.05, 0.1) is 40.6 Å². The summed E-state index contributed by atoms with van der Waals surface area (Å²) < 4.78 is 14.3. The van der Waals surface area contributed by atoms with E-state index in [4.69, 9.17) is 11.6 Å². The van der Waals surface area contributed by atoms with Crippen LogP contribution >= 0.6 is 11.6 Å². The molecule has 1 atom stereocenters. The van der Waals surface area contributed by atoms with Gasteiger partial charge in [-0.05, 0) is 37.3 Å². The normalized spacial score (nSPS) is 11.1. The number of hydrogen-bond acceptors (Lipinski definition) is 6. The second-order valence-electron chi connectivity index (χ2n) is 6.59. The molecule has 0 fully saturated rings. The van der Waals surface area contributed by atoms with Gasteiger partial charge >= 0.3 is 0 Å². The van der Waals surface area contributed by atoms with Crippen LogP contribution in [0, 0.1) is 5.82 Å². The van der Waals surface area contributed by atoms with Crippen LogP contribution in [0.3, 0.4) is 0 Å². The molecule has 32 heavy (non-hydrogen) atoms. The smallest absolute Gasteiger partial charge is 0.255 e. The van der Waals surface area contributed by atoms with Crippen molar-refractivity contribution in [1.29, 1.82) is 0 Å². The molecule has 1 unspecified atom stereocenters. The van der Waals surface area contributed by atoms with Gasteiger partial charge in [0.15, 0.2) is 0 Å². The molecule has 9 heteroatoms. The number of aromatic nitrogens is 2. The summed E-state index contributed by atoms with van der Waals surface area (Å²) in [5, 5.41) is 18.6. The Hall–Kier alpha value is -3.23. The number of aliphatic hydroxyl groups is 1. The molecule has 2 heterocycles. The standard InChI is InChI=1S/C21H21ClFN5O2.C2H6/c1-12(29)9-27-21(30)15-10-25-6-5-17(15)28-19-8-18(26-11-20(19)24-2)14-7-13(22)3-4-16(14)23;1-2/h3-8,10-12,24,29H,9H2,1-2H3,(H,27,30)(H,25,26,28);1-2H3. The van der Waals surface area contributed by atoms with Crippen molar-refractivity contribution in [2.24, 2.45) is 0 Å². The number of hydrogen-bond donors (Lipinski definition) is 4. The van der Waals surface area contributed by atoms with Gasteiger partial charge in [-0.3, -0.25) is 14.8 Å². The van der Waals surface area contributed by atoms with E-state index < -0.39 is 11.9 Å². The van der Waals surface area contributed by atoms with Crippen molar-refractivity contribution in [3.8, 4) is 11.3 Å². The highest BCUT2D eigenvalue weighted by molar-refractivity contribution is 6.30. The van der Waals surface area contributed by atoms with Gasteiger partial charge in [0.1, 0.15) is 5.82 Å². The Balaban J connectivity index is 0.00000176. The molecular weight excluding hydrogens is 433 g/mol. The summed E-state index contributed by atoms with van der Waals surface area (Å²) in [7, 11) is 1.73. The van der Waals surface area contributed by atoms with Gasteiger partial charge in [0, 0.05) is 36.6 Å². The van der Waals surface area contributed by atoms with Gasteiger partial charge in [-0.25, -0.2) is 4.39 Å². The Bertz CT molecular complexity index is 1060. The lowest BCUT2D eigenvalue weighted by molar-refractivity contribution is 0.0924. The third-order valence-corrected chi connectivity index (χ3v) is 4.51. The molecule has 0 radical (unpaired) electrons. The van der Waals surface area contributed by atoms with Gasteiger partial charge in [0.2, 0.25) is 0 Å². The number of nitrogens with zero attached hydrogens (tertiary/aromatic N) is 2. The summed E-state index contributed by atoms with van der Waals surface area (Å²) in [5.74, 6) is -0.829. The number of amides is 1. The van der Waals surface area contributed by atoms with Crippen molar-refractivity contribution in [1.82, 2.24) is 15.3 Å². The van der Waals surface area contributed by atoms with Gasteiger partial charge in [-0.1, -0.05) is 25.4 Å². The quantitative estimate of drug-likeness (QED) is 0.402. The second-order valence-corrected chi connectivity index (χ2v) is 7.03. The number of halogens is 2. The van der Waals surface area contributed by atoms with E-state index in [9.17, 15) is 14.3 Å². The highest BCUT2D eigenvalue weighted by Crippen LogP contribution is 2.32. The molecule has 0 aliphatic carbocycles. The van der Waals surface area contributed by atoms with Gasteiger partial charge in [0.25, 0.3) is 5.91 Å². The van der Waals surface area contributed by atoms with Crippen LogP contribution in [0.2, 0.25) is 5.02 Å². The Morgan fingerprint density at radius 1 is 1.16 bits per heavy atom. The van der Waals surface area contributed by atoms with Crippen LogP contribution in [-0.4, -0.2) is 40.7 Å². The lowest BCUT2D eigenvalue weighted by Crippen LogP contribution is -2.31. The molecule has 0 spiro atoms. The third kappa shape index (κ3) is 6.38. The molecule has 2 aromatic heterocycles. The fourth-order valence-corrected chi connectivity index (χ4v) is 2.94. The molecular formula is C23H27ClFN5O2. The summed E-state index contributed by atoms with van der Waals surface area (Å²) in [4.78, 5) is 20.8. The fourth-order valence-electron chi connectivity index (χ4n) is 2.76. The van der Waals surface area contributed by atoms with E-state index in [0.29, 0.717) is 33.3 Å². The SMILES string of the molecule is CC.CNc1cnc(-c2cc(Cl)ccc2F)cc1Nc1ccncc1C(=O)NCC(C)O. The van der Waals surface area contributed by atoms with E-state index in [-0.39, 0.29) is 18.0 Å². The number of nitrogens with one attached hydrogen (secondary N) is 3. The number of benzene rings is 1. The van der Waals surface area contributed by atoms with E-state index in [2.05, 4.69) is 25.9 Å². The summed E-state index contributed by atoms with van der Waals surface area (Å²) in [6, 6.07) is 7.57. The molecule has 0 bridgehead atoms. The minimum Gasteiger partial charge on any atom is -0.392 e. The van der Waals surface area contributed by atoms with Crippen molar-refractivity contribution < 1.29 is 14.3 Å². The first-order valence-corrected chi connectivity index (χ1v) is 10.6. The Morgan fingerprint density at radius 2 is 1.91 bits per heavy atom. The first-order valence-electron chi connectivity index (χ1n) is 10.2. The molecule has 3 rings (SSSR count). The van der Waals surface area contributed by atoms with Gasteiger partial charge < -0.3 is 21.1 Å². The molecule has 0 aliphatic heterocycles. The predicted molar refractivity (Wildman–Crippen MR) is 127 cm³/mol. The minimum atomic E-state index is -0.673. The Labute approximate surface area is 192 Å². The number of pyridine rings is 2. The number of aliphatic hydroxyl groups excluding tert-OH is 1. The zero-order valence-electron chi connectivity index (χ0n) is 18.4. The monoisotopic (exact) mass is 459 g/mol. The minimum absolute atomic E-state index is 0.113. The molecule has 0 saturated heterocycles. The van der Waals surface area contributed by atoms with E-state index in [1.54, 1.807) is 38.5 Å². The van der Waals surface area contributed by atoms with Crippen molar-refractivity contribution >= 4 is 34.6 Å². The summed E-state index contributed by atoms with van der Waals surface area (Å²) >= 11 is 6.01. The average molecular weight is 460 g/mol. The molecule has 7 nitrogen and oxygen atoms in total. The van der Waals surface area contributed by atoms with Gasteiger partial charge in [-0.15, -0.1) is 0 Å².